The van der Waals surface area contributed by atoms with E-state index in [1.807, 2.05) is 44.2 Å². The molecule has 0 radical (unpaired) electrons. The van der Waals surface area contributed by atoms with Crippen LogP contribution in [-0.4, -0.2) is 50.8 Å². The molecule has 6 nitrogen and oxygen atoms in total. The molecule has 1 aliphatic carbocycles. The number of hydrogen-bond donors (Lipinski definition) is 0. The van der Waals surface area contributed by atoms with E-state index in [2.05, 4.69) is 39.0 Å². The van der Waals surface area contributed by atoms with E-state index >= 15 is 0 Å². The lowest BCUT2D eigenvalue weighted by molar-refractivity contribution is -0.126. The number of ether oxygens (including phenoxy) is 4. The van der Waals surface area contributed by atoms with Gasteiger partial charge in [-0.05, 0) is 60.6 Å². The molecule has 0 aliphatic heterocycles. The standard InChI is InChI=1S/C33H40O6SSi/c1-19-29(37-8)28(32(2,3)4)30(38-9)31(39-41)33(19,5)27(34)15-14-20-16-22(24(36-7)18-23(20)35-6)26-17-21-12-10-11-13-25(21)40-26/h10-18,31H,1-9,41H3. The summed E-state index contributed by atoms with van der Waals surface area (Å²) in [6.45, 7) is 10.2. The first-order chi connectivity index (χ1) is 19.5. The predicted octanol–water partition coefficient (Wildman–Crippen LogP) is 6.72. The highest BCUT2D eigenvalue weighted by Gasteiger charge is 2.52. The van der Waals surface area contributed by atoms with Gasteiger partial charge in [0.15, 0.2) is 5.78 Å². The molecule has 1 heterocycles. The first-order valence-electron chi connectivity index (χ1n) is 13.5. The summed E-state index contributed by atoms with van der Waals surface area (Å²) < 4.78 is 30.6. The fraction of sp³-hybridized carbons (Fsp3) is 0.364. The maximum Gasteiger partial charge on any atom is 0.168 e. The molecular weight excluding hydrogens is 553 g/mol. The second-order valence-electron chi connectivity index (χ2n) is 11.3. The highest BCUT2D eigenvalue weighted by molar-refractivity contribution is 7.22. The molecule has 4 rings (SSSR count). The third-order valence-electron chi connectivity index (χ3n) is 7.93. The Hall–Kier alpha value is -3.33. The average Bonchev–Trinajstić information content (AvgIpc) is 3.39. The van der Waals surface area contributed by atoms with Crippen LogP contribution in [0.15, 0.2) is 71.2 Å². The van der Waals surface area contributed by atoms with Gasteiger partial charge in [-0.2, -0.15) is 0 Å². The van der Waals surface area contributed by atoms with Crippen molar-refractivity contribution in [2.75, 3.05) is 28.4 Å². The van der Waals surface area contributed by atoms with Gasteiger partial charge in [-0.15, -0.1) is 11.3 Å². The summed E-state index contributed by atoms with van der Waals surface area (Å²) in [6, 6.07) is 14.3. The van der Waals surface area contributed by atoms with Crippen molar-refractivity contribution in [1.82, 2.24) is 0 Å². The number of ketones is 1. The Balaban J connectivity index is 1.81. The summed E-state index contributed by atoms with van der Waals surface area (Å²) in [5.74, 6) is 2.50. The number of hydrogen-bond acceptors (Lipinski definition) is 7. The Bertz CT molecular complexity index is 1520. The Morgan fingerprint density at radius 3 is 2.22 bits per heavy atom. The monoisotopic (exact) mass is 592 g/mol. The van der Waals surface area contributed by atoms with Gasteiger partial charge >= 0.3 is 0 Å². The van der Waals surface area contributed by atoms with Gasteiger partial charge in [0.2, 0.25) is 0 Å². The van der Waals surface area contributed by atoms with Crippen LogP contribution in [0, 0.1) is 10.8 Å². The van der Waals surface area contributed by atoms with Crippen molar-refractivity contribution in [2.24, 2.45) is 10.8 Å². The molecule has 41 heavy (non-hydrogen) atoms. The number of rotatable bonds is 9. The number of allylic oxidation sites excluding steroid dienone is 2. The quantitative estimate of drug-likeness (QED) is 0.203. The number of benzene rings is 2. The van der Waals surface area contributed by atoms with Crippen molar-refractivity contribution < 1.29 is 28.2 Å². The first-order valence-corrected chi connectivity index (χ1v) is 15.1. The Kier molecular flexibility index (Phi) is 8.87. The lowest BCUT2D eigenvalue weighted by Crippen LogP contribution is -2.47. The molecule has 1 aromatic heterocycles. The van der Waals surface area contributed by atoms with E-state index in [9.17, 15) is 4.79 Å². The number of thiophene rings is 1. The zero-order valence-electron chi connectivity index (χ0n) is 25.6. The van der Waals surface area contributed by atoms with Gasteiger partial charge in [-0.3, -0.25) is 4.79 Å². The summed E-state index contributed by atoms with van der Waals surface area (Å²) >= 11 is 1.70. The zero-order chi connectivity index (χ0) is 30.1. The van der Waals surface area contributed by atoms with E-state index in [1.54, 1.807) is 45.9 Å². The number of carbonyl (C=O) groups excluding carboxylic acids is 1. The molecule has 0 fully saturated rings. The topological polar surface area (TPSA) is 63.2 Å². The van der Waals surface area contributed by atoms with Crippen LogP contribution in [-0.2, 0) is 18.7 Å². The Morgan fingerprint density at radius 2 is 1.66 bits per heavy atom. The molecule has 8 heteroatoms. The molecule has 0 N–H and O–H groups in total. The maximum atomic E-state index is 14.2. The molecule has 0 saturated heterocycles. The zero-order valence-corrected chi connectivity index (χ0v) is 28.4. The van der Waals surface area contributed by atoms with E-state index in [0.29, 0.717) is 33.5 Å². The number of carbonyl (C=O) groups is 1. The van der Waals surface area contributed by atoms with E-state index in [1.165, 1.54) is 10.1 Å². The van der Waals surface area contributed by atoms with E-state index in [0.717, 1.165) is 27.2 Å². The SMILES string of the molecule is COC1=C(C)C(C)(C(=O)C=Cc2cc(-c3cc4ccccc4s3)c(OC)cc2OC)C(O[SiH3])C(OC)=C1C(C)(C)C. The summed E-state index contributed by atoms with van der Waals surface area (Å²) in [4.78, 5) is 15.2. The van der Waals surface area contributed by atoms with Crippen molar-refractivity contribution in [2.45, 2.75) is 40.7 Å². The van der Waals surface area contributed by atoms with Crippen molar-refractivity contribution in [1.29, 1.82) is 0 Å². The highest BCUT2D eigenvalue weighted by atomic mass is 32.1. The Morgan fingerprint density at radius 1 is 0.976 bits per heavy atom. The molecule has 0 spiro atoms. The molecule has 1 aliphatic rings. The van der Waals surface area contributed by atoms with Crippen LogP contribution >= 0.6 is 11.3 Å². The molecule has 0 bridgehead atoms. The third-order valence-corrected chi connectivity index (χ3v) is 9.56. The van der Waals surface area contributed by atoms with Crippen LogP contribution in [0.3, 0.4) is 0 Å². The molecule has 0 amide bonds. The minimum absolute atomic E-state index is 0.116. The molecule has 3 aromatic rings. The van der Waals surface area contributed by atoms with Crippen LogP contribution in [0.1, 0.15) is 40.2 Å². The number of methoxy groups -OCH3 is 4. The number of fused-ring (bicyclic) bond motifs is 1. The van der Waals surface area contributed by atoms with Crippen LogP contribution in [0.2, 0.25) is 0 Å². The van der Waals surface area contributed by atoms with Crippen molar-refractivity contribution >= 4 is 43.8 Å². The molecule has 0 saturated carbocycles. The molecule has 2 aromatic carbocycles. The lowest BCUT2D eigenvalue weighted by Gasteiger charge is -2.44. The van der Waals surface area contributed by atoms with Crippen molar-refractivity contribution in [3.63, 3.8) is 0 Å². The first kappa shape index (κ1) is 30.6. The largest absolute Gasteiger partial charge is 0.498 e. The minimum Gasteiger partial charge on any atom is -0.498 e. The lowest BCUT2D eigenvalue weighted by atomic mass is 9.65. The maximum absolute atomic E-state index is 14.2. The molecule has 2 atom stereocenters. The molecular formula is C33H40O6SSi. The summed E-state index contributed by atoms with van der Waals surface area (Å²) in [6.07, 6.45) is 2.84. The van der Waals surface area contributed by atoms with Gasteiger partial charge in [-0.25, -0.2) is 0 Å². The van der Waals surface area contributed by atoms with Crippen LogP contribution in [0.25, 0.3) is 26.6 Å². The second-order valence-corrected chi connectivity index (χ2v) is 12.9. The van der Waals surface area contributed by atoms with Gasteiger partial charge in [0.1, 0.15) is 39.6 Å². The normalized spacial score (nSPS) is 19.8. The van der Waals surface area contributed by atoms with Gasteiger partial charge in [-0.1, -0.05) is 39.0 Å². The highest BCUT2D eigenvalue weighted by Crippen LogP contribution is 2.50. The minimum atomic E-state index is -1.03. The van der Waals surface area contributed by atoms with Gasteiger partial charge in [0.25, 0.3) is 0 Å². The van der Waals surface area contributed by atoms with E-state index < -0.39 is 11.5 Å². The average molecular weight is 593 g/mol. The fourth-order valence-corrected chi connectivity index (χ4v) is 7.43. The second kappa shape index (κ2) is 11.9. The van der Waals surface area contributed by atoms with E-state index in [4.69, 9.17) is 23.4 Å². The summed E-state index contributed by atoms with van der Waals surface area (Å²) in [7, 11) is 6.95. The smallest absolute Gasteiger partial charge is 0.168 e. The summed E-state index contributed by atoms with van der Waals surface area (Å²) in [5.41, 5.74) is 2.12. The van der Waals surface area contributed by atoms with Gasteiger partial charge < -0.3 is 23.4 Å². The third kappa shape index (κ3) is 5.36. The van der Waals surface area contributed by atoms with Crippen LogP contribution in [0.4, 0.5) is 0 Å². The predicted molar refractivity (Wildman–Crippen MR) is 171 cm³/mol. The Labute approximate surface area is 250 Å². The van der Waals surface area contributed by atoms with Crippen molar-refractivity contribution in [3.8, 4) is 21.9 Å². The van der Waals surface area contributed by atoms with Crippen LogP contribution < -0.4 is 9.47 Å². The fourth-order valence-electron chi connectivity index (χ4n) is 5.66. The molecule has 218 valence electrons. The van der Waals surface area contributed by atoms with Gasteiger partial charge in [0.05, 0.1) is 33.9 Å². The van der Waals surface area contributed by atoms with E-state index in [-0.39, 0.29) is 11.2 Å². The summed E-state index contributed by atoms with van der Waals surface area (Å²) in [5, 5.41) is 1.17. The molecule has 2 unspecified atom stereocenters. The van der Waals surface area contributed by atoms with Crippen molar-refractivity contribution in [3.05, 3.63) is 76.8 Å². The van der Waals surface area contributed by atoms with Crippen LogP contribution in [0.5, 0.6) is 11.5 Å². The van der Waals surface area contributed by atoms with Gasteiger partial charge in [0, 0.05) is 32.3 Å².